The molecule has 162 valence electrons. The van der Waals surface area contributed by atoms with Crippen LogP contribution in [0.2, 0.25) is 0 Å². The molecule has 3 fully saturated rings. The smallest absolute Gasteiger partial charge is 0.409 e. The van der Waals surface area contributed by atoms with Gasteiger partial charge in [-0.25, -0.2) is 4.79 Å². The molecule has 2 aliphatic heterocycles. The van der Waals surface area contributed by atoms with Crippen molar-refractivity contribution in [3.05, 3.63) is 11.6 Å². The van der Waals surface area contributed by atoms with Crippen molar-refractivity contribution < 1.29 is 24.2 Å². The number of amides is 1. The van der Waals surface area contributed by atoms with Crippen LogP contribution in [0.25, 0.3) is 0 Å². The van der Waals surface area contributed by atoms with Gasteiger partial charge < -0.3 is 19.5 Å². The molecule has 2 heterocycles. The fraction of sp³-hybridized carbons (Fsp3) is 0.818. The SMILES string of the molecule is CCOC(=O)N1CCN(C[C@@H]2C(=O)O[C@H]3CC4=CCC[C@@H](C)[C@]4(C)[C@H](O)[C@@H]32)CC1. The maximum Gasteiger partial charge on any atom is 0.409 e. The number of hydrogen-bond donors (Lipinski definition) is 1. The van der Waals surface area contributed by atoms with E-state index < -0.39 is 6.10 Å². The molecule has 0 radical (unpaired) electrons. The van der Waals surface area contributed by atoms with E-state index in [0.29, 0.717) is 45.2 Å². The molecule has 7 nitrogen and oxygen atoms in total. The molecule has 0 unspecified atom stereocenters. The van der Waals surface area contributed by atoms with E-state index in [1.54, 1.807) is 11.8 Å². The van der Waals surface area contributed by atoms with E-state index in [0.717, 1.165) is 19.3 Å². The van der Waals surface area contributed by atoms with Crippen LogP contribution in [-0.4, -0.2) is 78.5 Å². The van der Waals surface area contributed by atoms with Crippen LogP contribution >= 0.6 is 0 Å². The number of allylic oxidation sites excluding steroid dienone is 1. The van der Waals surface area contributed by atoms with Crippen LogP contribution in [0.5, 0.6) is 0 Å². The molecule has 0 aromatic carbocycles. The minimum absolute atomic E-state index is 0.159. The van der Waals surface area contributed by atoms with Crippen molar-refractivity contribution in [2.75, 3.05) is 39.3 Å². The van der Waals surface area contributed by atoms with Gasteiger partial charge >= 0.3 is 12.1 Å². The lowest BCUT2D eigenvalue weighted by Gasteiger charge is -2.52. The zero-order valence-corrected chi connectivity index (χ0v) is 17.8. The molecule has 2 aliphatic carbocycles. The average molecular weight is 407 g/mol. The summed E-state index contributed by atoms with van der Waals surface area (Å²) in [5, 5.41) is 11.4. The number of aliphatic hydroxyl groups excluding tert-OH is 1. The van der Waals surface area contributed by atoms with Gasteiger partial charge in [0.25, 0.3) is 0 Å². The summed E-state index contributed by atoms with van der Waals surface area (Å²) in [6.45, 7) is 9.75. The molecule has 0 aromatic heterocycles. The zero-order valence-electron chi connectivity index (χ0n) is 17.8. The lowest BCUT2D eigenvalue weighted by molar-refractivity contribution is -0.145. The average Bonchev–Trinajstić information content (AvgIpc) is 3.00. The Morgan fingerprint density at radius 1 is 1.34 bits per heavy atom. The van der Waals surface area contributed by atoms with E-state index in [-0.39, 0.29) is 35.4 Å². The first-order valence-corrected chi connectivity index (χ1v) is 11.1. The van der Waals surface area contributed by atoms with Gasteiger partial charge in [-0.05, 0) is 25.7 Å². The third-order valence-corrected chi connectivity index (χ3v) is 7.92. The summed E-state index contributed by atoms with van der Waals surface area (Å²) in [7, 11) is 0. The predicted molar refractivity (Wildman–Crippen MR) is 107 cm³/mol. The van der Waals surface area contributed by atoms with E-state index in [4.69, 9.17) is 9.47 Å². The highest BCUT2D eigenvalue weighted by atomic mass is 16.6. The van der Waals surface area contributed by atoms with Crippen LogP contribution < -0.4 is 0 Å². The summed E-state index contributed by atoms with van der Waals surface area (Å²) < 4.78 is 10.8. The largest absolute Gasteiger partial charge is 0.461 e. The maximum absolute atomic E-state index is 12.7. The molecule has 1 saturated carbocycles. The maximum atomic E-state index is 12.7. The molecule has 6 atom stereocenters. The quantitative estimate of drug-likeness (QED) is 0.571. The topological polar surface area (TPSA) is 79.3 Å². The first-order valence-electron chi connectivity index (χ1n) is 11.1. The minimum Gasteiger partial charge on any atom is -0.461 e. The Kier molecular flexibility index (Phi) is 5.64. The molecule has 2 saturated heterocycles. The lowest BCUT2D eigenvalue weighted by atomic mass is 9.55. The standard InChI is InChI=1S/C22H34N2O5/c1-4-28-21(27)24-10-8-23(9-11-24)13-16-18-17(29-20(16)26)12-15-7-5-6-14(2)22(15,3)19(18)25/h7,14,16-19,25H,4-6,8-13H2,1-3H3/t14-,16+,17+,18-,19-,22+/m1/s1. The molecule has 4 aliphatic rings. The van der Waals surface area contributed by atoms with Crippen molar-refractivity contribution in [3.8, 4) is 0 Å². The Morgan fingerprint density at radius 2 is 2.07 bits per heavy atom. The number of nitrogens with zero attached hydrogens (tertiary/aromatic N) is 2. The Hall–Kier alpha value is -1.60. The summed E-state index contributed by atoms with van der Waals surface area (Å²) in [6.07, 6.45) is 4.07. The van der Waals surface area contributed by atoms with Gasteiger partial charge in [0.2, 0.25) is 0 Å². The molecular weight excluding hydrogens is 372 g/mol. The number of piperazine rings is 1. The van der Waals surface area contributed by atoms with Gasteiger partial charge in [-0.15, -0.1) is 0 Å². The van der Waals surface area contributed by atoms with Crippen LogP contribution in [0.3, 0.4) is 0 Å². The summed E-state index contributed by atoms with van der Waals surface area (Å²) in [5.41, 5.74) is 0.996. The van der Waals surface area contributed by atoms with Crippen molar-refractivity contribution in [3.63, 3.8) is 0 Å². The van der Waals surface area contributed by atoms with Crippen LogP contribution in [0.15, 0.2) is 11.6 Å². The van der Waals surface area contributed by atoms with Crippen LogP contribution in [0, 0.1) is 23.2 Å². The normalized spacial score (nSPS) is 40.0. The summed E-state index contributed by atoms with van der Waals surface area (Å²) >= 11 is 0. The number of ether oxygens (including phenoxy) is 2. The fourth-order valence-corrected chi connectivity index (χ4v) is 5.88. The second-order valence-corrected chi connectivity index (χ2v) is 9.29. The molecule has 0 spiro atoms. The Morgan fingerprint density at radius 3 is 2.76 bits per heavy atom. The van der Waals surface area contributed by atoms with Crippen molar-refractivity contribution in [2.24, 2.45) is 23.2 Å². The predicted octanol–water partition coefficient (Wildman–Crippen LogP) is 2.05. The fourth-order valence-electron chi connectivity index (χ4n) is 5.88. The van der Waals surface area contributed by atoms with E-state index in [1.807, 2.05) is 0 Å². The van der Waals surface area contributed by atoms with E-state index >= 15 is 0 Å². The molecular formula is C22H34N2O5. The molecule has 1 amide bonds. The van der Waals surface area contributed by atoms with Gasteiger partial charge in [-0.2, -0.15) is 0 Å². The summed E-state index contributed by atoms with van der Waals surface area (Å²) in [5.74, 6) is -0.254. The summed E-state index contributed by atoms with van der Waals surface area (Å²) in [4.78, 5) is 28.6. The summed E-state index contributed by atoms with van der Waals surface area (Å²) in [6, 6.07) is 0. The number of rotatable bonds is 3. The molecule has 29 heavy (non-hydrogen) atoms. The Bertz CT molecular complexity index is 687. The van der Waals surface area contributed by atoms with Gasteiger partial charge in [0.15, 0.2) is 0 Å². The van der Waals surface area contributed by atoms with Crippen LogP contribution in [0.1, 0.15) is 40.0 Å². The first-order chi connectivity index (χ1) is 13.9. The van der Waals surface area contributed by atoms with Crippen molar-refractivity contribution in [2.45, 2.75) is 52.2 Å². The van der Waals surface area contributed by atoms with Crippen molar-refractivity contribution in [1.29, 1.82) is 0 Å². The number of fused-ring (bicyclic) bond motifs is 2. The highest BCUT2D eigenvalue weighted by Gasteiger charge is 2.59. The number of carbonyl (C=O) groups is 2. The molecule has 0 aromatic rings. The highest BCUT2D eigenvalue weighted by Crippen LogP contribution is 2.56. The van der Waals surface area contributed by atoms with Crippen molar-refractivity contribution in [1.82, 2.24) is 9.80 Å². The number of esters is 1. The van der Waals surface area contributed by atoms with Gasteiger partial charge in [0, 0.05) is 50.5 Å². The van der Waals surface area contributed by atoms with Gasteiger partial charge in [0.05, 0.1) is 18.6 Å². The third-order valence-electron chi connectivity index (χ3n) is 7.92. The first kappa shape index (κ1) is 20.7. The number of carbonyl (C=O) groups excluding carboxylic acids is 2. The van der Waals surface area contributed by atoms with Crippen LogP contribution in [-0.2, 0) is 14.3 Å². The van der Waals surface area contributed by atoms with Crippen LogP contribution in [0.4, 0.5) is 4.79 Å². The van der Waals surface area contributed by atoms with E-state index in [9.17, 15) is 14.7 Å². The lowest BCUT2D eigenvalue weighted by Crippen LogP contribution is -2.56. The molecule has 0 bridgehead atoms. The van der Waals surface area contributed by atoms with Gasteiger partial charge in [0.1, 0.15) is 6.10 Å². The number of hydrogen-bond acceptors (Lipinski definition) is 6. The molecule has 7 heteroatoms. The van der Waals surface area contributed by atoms with Crippen molar-refractivity contribution >= 4 is 12.1 Å². The monoisotopic (exact) mass is 406 g/mol. The molecule has 4 rings (SSSR count). The van der Waals surface area contributed by atoms with E-state index in [2.05, 4.69) is 24.8 Å². The van der Waals surface area contributed by atoms with E-state index in [1.165, 1.54) is 5.57 Å². The Balaban J connectivity index is 1.44. The molecule has 1 N–H and O–H groups in total. The number of aliphatic hydroxyl groups is 1. The Labute approximate surface area is 173 Å². The highest BCUT2D eigenvalue weighted by molar-refractivity contribution is 5.76. The second-order valence-electron chi connectivity index (χ2n) is 9.29. The van der Waals surface area contributed by atoms with Gasteiger partial charge in [-0.1, -0.05) is 25.5 Å². The second kappa shape index (κ2) is 7.91. The zero-order chi connectivity index (χ0) is 20.8. The third kappa shape index (κ3) is 3.46. The van der Waals surface area contributed by atoms with Gasteiger partial charge in [-0.3, -0.25) is 9.69 Å². The minimum atomic E-state index is -0.569.